The number of piperidine rings is 1. The molecule has 1 aliphatic heterocycles. The molecule has 0 N–H and O–H groups in total. The van der Waals surface area contributed by atoms with Crippen molar-refractivity contribution in [2.75, 3.05) is 33.4 Å². The molecule has 1 aliphatic rings. The molecular formula is C23H28N4O3S. The summed E-state index contributed by atoms with van der Waals surface area (Å²) in [6, 6.07) is 13.4. The van der Waals surface area contributed by atoms with E-state index in [1.807, 2.05) is 52.7 Å². The first kappa shape index (κ1) is 21.7. The summed E-state index contributed by atoms with van der Waals surface area (Å²) in [7, 11) is 1.67. The molecule has 0 bridgehead atoms. The molecule has 0 unspecified atom stereocenters. The second kappa shape index (κ2) is 10.7. The number of ether oxygens (including phenoxy) is 1. The number of carbonyl (C=O) groups excluding carboxylic acids is 1. The van der Waals surface area contributed by atoms with Crippen molar-refractivity contribution in [2.24, 2.45) is 0 Å². The summed E-state index contributed by atoms with van der Waals surface area (Å²) in [6.07, 6.45) is 3.29. The van der Waals surface area contributed by atoms with Crippen LogP contribution < -0.4 is 0 Å². The van der Waals surface area contributed by atoms with Crippen LogP contribution in [0.15, 0.2) is 52.3 Å². The van der Waals surface area contributed by atoms with Gasteiger partial charge in [0.1, 0.15) is 6.04 Å². The van der Waals surface area contributed by atoms with Crippen LogP contribution >= 0.6 is 11.3 Å². The molecule has 1 atom stereocenters. The Hall–Kier alpha value is -2.55. The fourth-order valence-electron chi connectivity index (χ4n) is 3.93. The fraction of sp³-hybridized carbons (Fsp3) is 0.435. The highest BCUT2D eigenvalue weighted by atomic mass is 32.1. The predicted octanol–water partition coefficient (Wildman–Crippen LogP) is 4.00. The van der Waals surface area contributed by atoms with E-state index in [2.05, 4.69) is 15.1 Å². The van der Waals surface area contributed by atoms with Gasteiger partial charge in [0.05, 0.1) is 18.0 Å². The van der Waals surface area contributed by atoms with Crippen LogP contribution in [0.25, 0.3) is 10.8 Å². The Morgan fingerprint density at radius 1 is 1.16 bits per heavy atom. The molecule has 1 saturated heterocycles. The van der Waals surface area contributed by atoms with E-state index in [1.54, 1.807) is 18.4 Å². The molecule has 8 heteroatoms. The maximum atomic E-state index is 13.7. The number of benzene rings is 1. The highest BCUT2D eigenvalue weighted by molar-refractivity contribution is 7.13. The van der Waals surface area contributed by atoms with Gasteiger partial charge in [-0.15, -0.1) is 21.5 Å². The first-order chi connectivity index (χ1) is 15.3. The molecule has 7 nitrogen and oxygen atoms in total. The SMILES string of the molecule is COCCN(Cc1nnc(-c2cccs2)o1)[C@@H](C(=O)N1CCCCC1)c1ccccc1. The molecule has 0 spiro atoms. The van der Waals surface area contributed by atoms with E-state index >= 15 is 0 Å². The van der Waals surface area contributed by atoms with E-state index in [9.17, 15) is 4.79 Å². The number of nitrogens with zero attached hydrogens (tertiary/aromatic N) is 4. The van der Waals surface area contributed by atoms with Crippen molar-refractivity contribution in [1.29, 1.82) is 0 Å². The number of aromatic nitrogens is 2. The lowest BCUT2D eigenvalue weighted by Crippen LogP contribution is -2.45. The maximum absolute atomic E-state index is 13.7. The minimum Gasteiger partial charge on any atom is -0.419 e. The predicted molar refractivity (Wildman–Crippen MR) is 120 cm³/mol. The van der Waals surface area contributed by atoms with Crippen LogP contribution in [0.1, 0.15) is 36.8 Å². The molecule has 1 fully saturated rings. The Bertz CT molecular complexity index is 939. The van der Waals surface area contributed by atoms with Crippen LogP contribution in [-0.2, 0) is 16.1 Å². The van der Waals surface area contributed by atoms with Crippen molar-refractivity contribution < 1.29 is 13.9 Å². The molecule has 0 aliphatic carbocycles. The van der Waals surface area contributed by atoms with Gasteiger partial charge in [-0.05, 0) is 36.3 Å². The minimum atomic E-state index is -0.425. The van der Waals surface area contributed by atoms with E-state index in [1.165, 1.54) is 6.42 Å². The maximum Gasteiger partial charge on any atom is 0.257 e. The average Bonchev–Trinajstić information content (AvgIpc) is 3.51. The van der Waals surface area contributed by atoms with Crippen LogP contribution in [-0.4, -0.2) is 59.3 Å². The van der Waals surface area contributed by atoms with Crippen molar-refractivity contribution in [3.63, 3.8) is 0 Å². The van der Waals surface area contributed by atoms with E-state index in [0.717, 1.165) is 36.4 Å². The van der Waals surface area contributed by atoms with Gasteiger partial charge in [-0.25, -0.2) is 0 Å². The van der Waals surface area contributed by atoms with Crippen molar-refractivity contribution in [3.05, 3.63) is 59.3 Å². The zero-order valence-corrected chi connectivity index (χ0v) is 18.6. The zero-order valence-electron chi connectivity index (χ0n) is 17.8. The molecule has 4 rings (SSSR count). The number of hydrogen-bond acceptors (Lipinski definition) is 7. The third kappa shape index (κ3) is 5.39. The van der Waals surface area contributed by atoms with E-state index < -0.39 is 6.04 Å². The summed E-state index contributed by atoms with van der Waals surface area (Å²) in [5.74, 6) is 1.13. The minimum absolute atomic E-state index is 0.125. The fourth-order valence-corrected chi connectivity index (χ4v) is 4.58. The number of rotatable bonds is 9. The molecule has 3 aromatic rings. The summed E-state index contributed by atoms with van der Waals surface area (Å²) < 4.78 is 11.3. The zero-order chi connectivity index (χ0) is 21.5. The molecule has 31 heavy (non-hydrogen) atoms. The number of methoxy groups -OCH3 is 1. The summed E-state index contributed by atoms with van der Waals surface area (Å²) >= 11 is 1.56. The Balaban J connectivity index is 1.61. The number of likely N-dealkylation sites (tertiary alicyclic amines) is 1. The van der Waals surface area contributed by atoms with Gasteiger partial charge in [0.15, 0.2) is 0 Å². The summed E-state index contributed by atoms with van der Waals surface area (Å²) in [5, 5.41) is 10.4. The molecule has 1 amide bonds. The van der Waals surface area contributed by atoms with Gasteiger partial charge in [-0.3, -0.25) is 9.69 Å². The van der Waals surface area contributed by atoms with Gasteiger partial charge in [0, 0.05) is 26.7 Å². The highest BCUT2D eigenvalue weighted by Gasteiger charge is 2.33. The Morgan fingerprint density at radius 3 is 2.68 bits per heavy atom. The van der Waals surface area contributed by atoms with Crippen LogP contribution in [0.2, 0.25) is 0 Å². The first-order valence-electron chi connectivity index (χ1n) is 10.7. The lowest BCUT2D eigenvalue weighted by molar-refractivity contribution is -0.139. The number of hydrogen-bond donors (Lipinski definition) is 0. The summed E-state index contributed by atoms with van der Waals surface area (Å²) in [4.78, 5) is 18.7. The van der Waals surface area contributed by atoms with Gasteiger partial charge in [0.2, 0.25) is 11.8 Å². The lowest BCUT2D eigenvalue weighted by Gasteiger charge is -2.36. The van der Waals surface area contributed by atoms with Crippen LogP contribution in [0, 0.1) is 0 Å². The highest BCUT2D eigenvalue weighted by Crippen LogP contribution is 2.28. The quantitative estimate of drug-likeness (QED) is 0.501. The standard InChI is InChI=1S/C23H28N4O3S/c1-29-15-14-27(17-20-24-25-22(30-20)19-11-8-16-31-19)21(18-9-4-2-5-10-18)23(28)26-12-6-3-7-13-26/h2,4-5,8-11,16,21H,3,6-7,12-15,17H2,1H3/t21-/m1/s1. The second-order valence-electron chi connectivity index (χ2n) is 7.64. The lowest BCUT2D eigenvalue weighted by atomic mass is 10.0. The molecule has 1 aromatic carbocycles. The van der Waals surface area contributed by atoms with Crippen molar-refractivity contribution >= 4 is 17.2 Å². The summed E-state index contributed by atoms with van der Waals surface area (Å²) in [5.41, 5.74) is 0.965. The van der Waals surface area contributed by atoms with Gasteiger partial charge in [-0.1, -0.05) is 36.4 Å². The van der Waals surface area contributed by atoms with E-state index in [4.69, 9.17) is 9.15 Å². The largest absolute Gasteiger partial charge is 0.419 e. The number of carbonyl (C=O) groups is 1. The van der Waals surface area contributed by atoms with Crippen molar-refractivity contribution in [1.82, 2.24) is 20.0 Å². The molecule has 2 aromatic heterocycles. The van der Waals surface area contributed by atoms with Crippen LogP contribution in [0.5, 0.6) is 0 Å². The molecule has 164 valence electrons. The third-order valence-corrected chi connectivity index (χ3v) is 6.36. The Labute approximate surface area is 186 Å². The molecular weight excluding hydrogens is 412 g/mol. The smallest absolute Gasteiger partial charge is 0.257 e. The van der Waals surface area contributed by atoms with Crippen molar-refractivity contribution in [2.45, 2.75) is 31.8 Å². The third-order valence-electron chi connectivity index (χ3n) is 5.50. The van der Waals surface area contributed by atoms with Crippen LogP contribution in [0.3, 0.4) is 0 Å². The topological polar surface area (TPSA) is 71.7 Å². The molecule has 3 heterocycles. The molecule has 0 saturated carbocycles. The Kier molecular flexibility index (Phi) is 7.45. The van der Waals surface area contributed by atoms with Crippen LogP contribution in [0.4, 0.5) is 0 Å². The monoisotopic (exact) mass is 440 g/mol. The van der Waals surface area contributed by atoms with Gasteiger partial charge in [0.25, 0.3) is 5.89 Å². The number of thiophene rings is 1. The summed E-state index contributed by atoms with van der Waals surface area (Å²) in [6.45, 7) is 3.07. The normalized spacial score (nSPS) is 15.4. The average molecular weight is 441 g/mol. The first-order valence-corrected chi connectivity index (χ1v) is 11.6. The second-order valence-corrected chi connectivity index (χ2v) is 8.59. The van der Waals surface area contributed by atoms with E-state index in [0.29, 0.717) is 31.5 Å². The Morgan fingerprint density at radius 2 is 1.97 bits per heavy atom. The molecule has 0 radical (unpaired) electrons. The van der Waals surface area contributed by atoms with E-state index in [-0.39, 0.29) is 5.91 Å². The van der Waals surface area contributed by atoms with Gasteiger partial charge >= 0.3 is 0 Å². The van der Waals surface area contributed by atoms with Crippen molar-refractivity contribution in [3.8, 4) is 10.8 Å². The van der Waals surface area contributed by atoms with Gasteiger partial charge < -0.3 is 14.1 Å². The number of amides is 1. The van der Waals surface area contributed by atoms with Gasteiger partial charge in [-0.2, -0.15) is 0 Å².